The molecule has 1 unspecified atom stereocenters. The second-order valence-corrected chi connectivity index (χ2v) is 5.24. The van der Waals surface area contributed by atoms with Crippen LogP contribution in [0.3, 0.4) is 0 Å². The summed E-state index contributed by atoms with van der Waals surface area (Å²) in [5, 5.41) is 6.33. The summed E-state index contributed by atoms with van der Waals surface area (Å²) < 4.78 is 0. The van der Waals surface area contributed by atoms with Crippen molar-refractivity contribution in [2.24, 2.45) is 5.41 Å². The van der Waals surface area contributed by atoms with E-state index in [9.17, 15) is 4.79 Å². The van der Waals surface area contributed by atoms with E-state index in [1.807, 2.05) is 13.1 Å². The Hall–Kier alpha value is -1.36. The summed E-state index contributed by atoms with van der Waals surface area (Å²) in [7, 11) is 0. The molecule has 0 saturated carbocycles. The van der Waals surface area contributed by atoms with Crippen LogP contribution in [0.2, 0.25) is 0 Å². The van der Waals surface area contributed by atoms with E-state index >= 15 is 0 Å². The SMILES string of the molecule is CC1(C(=O)NCCCc2ncc[nH]2)CCCNC1. The lowest BCUT2D eigenvalue weighted by atomic mass is 9.82. The lowest BCUT2D eigenvalue weighted by Crippen LogP contribution is -2.48. The smallest absolute Gasteiger partial charge is 0.227 e. The second-order valence-electron chi connectivity index (χ2n) is 5.24. The number of aromatic amines is 1. The minimum atomic E-state index is -0.233. The van der Waals surface area contributed by atoms with Crippen LogP contribution in [0, 0.1) is 5.41 Å². The number of H-pyrrole nitrogens is 1. The first kappa shape index (κ1) is 13.1. The van der Waals surface area contributed by atoms with E-state index in [0.29, 0.717) is 0 Å². The average molecular weight is 250 g/mol. The summed E-state index contributed by atoms with van der Waals surface area (Å²) in [5.74, 6) is 1.16. The van der Waals surface area contributed by atoms with Crippen molar-refractivity contribution >= 4 is 5.91 Å². The van der Waals surface area contributed by atoms with Gasteiger partial charge in [-0.1, -0.05) is 0 Å². The van der Waals surface area contributed by atoms with Crippen molar-refractivity contribution in [3.63, 3.8) is 0 Å². The Labute approximate surface area is 108 Å². The molecular formula is C13H22N4O. The normalized spacial score (nSPS) is 23.8. The molecule has 1 fully saturated rings. The number of piperidine rings is 1. The molecule has 18 heavy (non-hydrogen) atoms. The number of amides is 1. The molecule has 3 N–H and O–H groups in total. The van der Waals surface area contributed by atoms with Crippen LogP contribution in [-0.2, 0) is 11.2 Å². The molecule has 100 valence electrons. The molecular weight excluding hydrogens is 228 g/mol. The quantitative estimate of drug-likeness (QED) is 0.678. The van der Waals surface area contributed by atoms with E-state index in [0.717, 1.165) is 51.1 Å². The van der Waals surface area contributed by atoms with Gasteiger partial charge in [0.05, 0.1) is 5.41 Å². The number of rotatable bonds is 5. The molecule has 0 spiro atoms. The monoisotopic (exact) mass is 250 g/mol. The van der Waals surface area contributed by atoms with Gasteiger partial charge in [0.2, 0.25) is 5.91 Å². The minimum Gasteiger partial charge on any atom is -0.356 e. The number of aryl methyl sites for hydroxylation is 1. The van der Waals surface area contributed by atoms with Gasteiger partial charge in [-0.05, 0) is 32.7 Å². The third kappa shape index (κ3) is 3.32. The van der Waals surface area contributed by atoms with Crippen LogP contribution in [0.15, 0.2) is 12.4 Å². The van der Waals surface area contributed by atoms with Gasteiger partial charge in [0.25, 0.3) is 0 Å². The molecule has 1 atom stereocenters. The van der Waals surface area contributed by atoms with E-state index in [1.54, 1.807) is 6.20 Å². The number of hydrogen-bond acceptors (Lipinski definition) is 3. The molecule has 1 aromatic heterocycles. The van der Waals surface area contributed by atoms with Crippen LogP contribution >= 0.6 is 0 Å². The Bertz CT molecular complexity index is 368. The molecule has 0 radical (unpaired) electrons. The summed E-state index contributed by atoms with van der Waals surface area (Å²) in [6.45, 7) is 4.58. The zero-order chi connectivity index (χ0) is 12.8. The van der Waals surface area contributed by atoms with Gasteiger partial charge in [0.1, 0.15) is 5.82 Å². The highest BCUT2D eigenvalue weighted by Gasteiger charge is 2.34. The van der Waals surface area contributed by atoms with Crippen LogP contribution in [0.25, 0.3) is 0 Å². The number of aromatic nitrogens is 2. The first-order chi connectivity index (χ1) is 8.71. The van der Waals surface area contributed by atoms with Gasteiger partial charge < -0.3 is 15.6 Å². The molecule has 1 saturated heterocycles. The molecule has 0 aliphatic carbocycles. The van der Waals surface area contributed by atoms with Gasteiger partial charge in [-0.15, -0.1) is 0 Å². The average Bonchev–Trinajstić information content (AvgIpc) is 2.88. The molecule has 1 amide bonds. The highest BCUT2D eigenvalue weighted by molar-refractivity contribution is 5.82. The first-order valence-corrected chi connectivity index (χ1v) is 6.68. The van der Waals surface area contributed by atoms with E-state index < -0.39 is 0 Å². The van der Waals surface area contributed by atoms with E-state index in [1.165, 1.54) is 0 Å². The van der Waals surface area contributed by atoms with Gasteiger partial charge in [-0.3, -0.25) is 4.79 Å². The third-order valence-electron chi connectivity index (χ3n) is 3.58. The summed E-state index contributed by atoms with van der Waals surface area (Å²) in [5.41, 5.74) is -0.233. The second kappa shape index (κ2) is 6.00. The highest BCUT2D eigenvalue weighted by atomic mass is 16.2. The predicted octanol–water partition coefficient (Wildman–Crippen LogP) is 0.848. The Morgan fingerprint density at radius 3 is 3.17 bits per heavy atom. The molecule has 5 heteroatoms. The molecule has 2 heterocycles. The number of imidazole rings is 1. The van der Waals surface area contributed by atoms with Crippen LogP contribution in [0.1, 0.15) is 32.0 Å². The van der Waals surface area contributed by atoms with Crippen molar-refractivity contribution in [1.29, 1.82) is 0 Å². The van der Waals surface area contributed by atoms with E-state index in [2.05, 4.69) is 20.6 Å². The van der Waals surface area contributed by atoms with Crippen LogP contribution in [-0.4, -0.2) is 35.5 Å². The van der Waals surface area contributed by atoms with Gasteiger partial charge in [0, 0.05) is 31.9 Å². The highest BCUT2D eigenvalue weighted by Crippen LogP contribution is 2.25. The third-order valence-corrected chi connectivity index (χ3v) is 3.58. The lowest BCUT2D eigenvalue weighted by Gasteiger charge is -2.32. The van der Waals surface area contributed by atoms with Crippen molar-refractivity contribution in [1.82, 2.24) is 20.6 Å². The number of nitrogens with zero attached hydrogens (tertiary/aromatic N) is 1. The zero-order valence-corrected chi connectivity index (χ0v) is 11.0. The van der Waals surface area contributed by atoms with E-state index in [4.69, 9.17) is 0 Å². The molecule has 1 aromatic rings. The number of hydrogen-bond donors (Lipinski definition) is 3. The van der Waals surface area contributed by atoms with Gasteiger partial charge in [-0.2, -0.15) is 0 Å². The number of carbonyl (C=O) groups excluding carboxylic acids is 1. The summed E-state index contributed by atoms with van der Waals surface area (Å²) in [6.07, 6.45) is 7.43. The fraction of sp³-hybridized carbons (Fsp3) is 0.692. The topological polar surface area (TPSA) is 69.8 Å². The Morgan fingerprint density at radius 2 is 2.50 bits per heavy atom. The molecule has 1 aliphatic rings. The van der Waals surface area contributed by atoms with Crippen molar-refractivity contribution < 1.29 is 4.79 Å². The molecule has 1 aliphatic heterocycles. The van der Waals surface area contributed by atoms with Gasteiger partial charge in [0.15, 0.2) is 0 Å². The Balaban J connectivity index is 1.68. The predicted molar refractivity (Wildman–Crippen MR) is 70.1 cm³/mol. The summed E-state index contributed by atoms with van der Waals surface area (Å²) in [4.78, 5) is 19.3. The Kier molecular flexibility index (Phi) is 4.36. The van der Waals surface area contributed by atoms with Crippen molar-refractivity contribution in [2.45, 2.75) is 32.6 Å². The summed E-state index contributed by atoms with van der Waals surface area (Å²) >= 11 is 0. The number of nitrogens with one attached hydrogen (secondary N) is 3. The molecule has 2 rings (SSSR count). The standard InChI is InChI=1S/C13H22N4O/c1-13(5-3-6-14-10-13)12(18)17-7-2-4-11-15-8-9-16-11/h8-9,14H,2-7,10H2,1H3,(H,15,16)(H,17,18). The minimum absolute atomic E-state index is 0.175. The lowest BCUT2D eigenvalue weighted by molar-refractivity contribution is -0.131. The molecule has 0 bridgehead atoms. The fourth-order valence-electron chi connectivity index (χ4n) is 2.36. The maximum Gasteiger partial charge on any atom is 0.227 e. The van der Waals surface area contributed by atoms with Crippen molar-refractivity contribution in [3.05, 3.63) is 18.2 Å². The zero-order valence-electron chi connectivity index (χ0n) is 11.0. The number of carbonyl (C=O) groups is 1. The maximum atomic E-state index is 12.1. The maximum absolute atomic E-state index is 12.1. The van der Waals surface area contributed by atoms with Crippen molar-refractivity contribution in [3.8, 4) is 0 Å². The largest absolute Gasteiger partial charge is 0.356 e. The first-order valence-electron chi connectivity index (χ1n) is 6.68. The van der Waals surface area contributed by atoms with Gasteiger partial charge >= 0.3 is 0 Å². The van der Waals surface area contributed by atoms with Crippen LogP contribution in [0.4, 0.5) is 0 Å². The van der Waals surface area contributed by atoms with Gasteiger partial charge in [-0.25, -0.2) is 4.98 Å². The Morgan fingerprint density at radius 1 is 1.61 bits per heavy atom. The van der Waals surface area contributed by atoms with Crippen molar-refractivity contribution in [2.75, 3.05) is 19.6 Å². The van der Waals surface area contributed by atoms with Crippen LogP contribution in [0.5, 0.6) is 0 Å². The van der Waals surface area contributed by atoms with E-state index in [-0.39, 0.29) is 11.3 Å². The van der Waals surface area contributed by atoms with Crippen LogP contribution < -0.4 is 10.6 Å². The molecule has 5 nitrogen and oxygen atoms in total. The summed E-state index contributed by atoms with van der Waals surface area (Å²) in [6, 6.07) is 0. The molecule has 0 aromatic carbocycles. The fourth-order valence-corrected chi connectivity index (χ4v) is 2.36.